The maximum atomic E-state index is 14.7. The normalized spacial score (nSPS) is 18.1. The lowest BCUT2D eigenvalue weighted by Crippen LogP contribution is -2.49. The Balaban J connectivity index is 0.000000197. The molecule has 2 atom stereocenters. The van der Waals surface area contributed by atoms with E-state index in [0.717, 1.165) is 35.2 Å². The number of ether oxygens (including phenoxy) is 1. The molecule has 476 valence electrons. The second-order valence-corrected chi connectivity index (χ2v) is 31.3. The molecule has 0 saturated carbocycles. The van der Waals surface area contributed by atoms with Gasteiger partial charge in [-0.1, -0.05) is 31.8 Å². The third-order valence-electron chi connectivity index (χ3n) is 17.4. The summed E-state index contributed by atoms with van der Waals surface area (Å²) in [5, 5.41) is 11.6. The number of nitrogens with two attached hydrogens (primary N) is 1. The molecule has 8 heterocycles. The number of hydrogen-bond donors (Lipinski definition) is 3. The lowest BCUT2D eigenvalue weighted by molar-refractivity contribution is -0.138. The molecule has 4 aliphatic heterocycles. The van der Waals surface area contributed by atoms with E-state index < -0.39 is 101 Å². The van der Waals surface area contributed by atoms with E-state index in [1.54, 1.807) is 37.5 Å². The van der Waals surface area contributed by atoms with Crippen LogP contribution in [0.3, 0.4) is 0 Å². The number of aromatic nitrogens is 4. The number of benzene rings is 4. The first kappa shape index (κ1) is 63.4. The molecule has 2 saturated heterocycles. The quantitative estimate of drug-likeness (QED) is 0.0407. The maximum Gasteiger partial charge on any atom is 0.413 e. The molecular weight excluding hydrogens is 1210 g/mol. The van der Waals surface area contributed by atoms with Crippen LogP contribution in [0.4, 0.5) is 51.6 Å². The monoisotopic (exact) mass is 1280 g/mol. The molecule has 0 aliphatic carbocycles. The molecule has 0 radical (unpaired) electrons. The third kappa shape index (κ3) is 11.3. The molecule has 2 spiro atoms. The zero-order valence-electron chi connectivity index (χ0n) is 50.9. The van der Waals surface area contributed by atoms with Crippen molar-refractivity contribution >= 4 is 71.5 Å². The summed E-state index contributed by atoms with van der Waals surface area (Å²) in [7, 11) is -1.48. The molecule has 4 aromatic heterocycles. The van der Waals surface area contributed by atoms with Gasteiger partial charge in [0.2, 0.25) is 0 Å². The number of nitrogen functional groups attached to an aromatic ring is 1. The number of nitrogens with zero attached hydrogens (tertiary/aromatic N) is 8. The number of H-pyrrole nitrogens is 1. The Morgan fingerprint density at radius 1 is 0.659 bits per heavy atom. The van der Waals surface area contributed by atoms with Gasteiger partial charge in [0.1, 0.15) is 58.5 Å². The van der Waals surface area contributed by atoms with Crippen LogP contribution in [0.25, 0.3) is 22.1 Å². The summed E-state index contributed by atoms with van der Waals surface area (Å²) in [6.45, 7) is 15.4. The number of aromatic amines is 1. The average molecular weight is 1280 g/mol. The molecule has 4 aliphatic rings. The van der Waals surface area contributed by atoms with Crippen LogP contribution < -0.4 is 10.6 Å². The van der Waals surface area contributed by atoms with E-state index in [-0.39, 0.29) is 92.5 Å². The fraction of sp³-hybridized carbons (Fsp3) is 0.338. The van der Waals surface area contributed by atoms with Crippen LogP contribution in [0.1, 0.15) is 99.1 Å². The summed E-state index contributed by atoms with van der Waals surface area (Å²) in [4.78, 5) is 87.6. The molecule has 2 fully saturated rings. The summed E-state index contributed by atoms with van der Waals surface area (Å²) in [5.74, 6) is -10.2. The first-order valence-electron chi connectivity index (χ1n) is 29.3. The van der Waals surface area contributed by atoms with Gasteiger partial charge in [0.15, 0.2) is 28.8 Å². The van der Waals surface area contributed by atoms with Crippen molar-refractivity contribution in [1.82, 2.24) is 39.1 Å². The predicted molar refractivity (Wildman–Crippen MR) is 323 cm³/mol. The van der Waals surface area contributed by atoms with Crippen LogP contribution in [0, 0.1) is 60.4 Å². The molecule has 26 heteroatoms. The highest BCUT2D eigenvalue weighted by Gasteiger charge is 2.61. The molecule has 8 aromatic rings. The minimum absolute atomic E-state index is 0.00660. The van der Waals surface area contributed by atoms with Crippen LogP contribution in [0.15, 0.2) is 84.9 Å². The highest BCUT2D eigenvalue weighted by Crippen LogP contribution is 2.50. The van der Waals surface area contributed by atoms with Gasteiger partial charge in [-0.25, -0.2) is 49.9 Å². The van der Waals surface area contributed by atoms with E-state index in [1.807, 2.05) is 26.0 Å². The van der Waals surface area contributed by atoms with Gasteiger partial charge in [-0.2, -0.15) is 0 Å². The van der Waals surface area contributed by atoms with Crippen molar-refractivity contribution in [2.45, 2.75) is 123 Å². The molecule has 17 nitrogen and oxygen atoms in total. The fourth-order valence-electron chi connectivity index (χ4n) is 12.9. The van der Waals surface area contributed by atoms with Crippen LogP contribution in [0.5, 0.6) is 0 Å². The van der Waals surface area contributed by atoms with E-state index in [0.29, 0.717) is 69.8 Å². The number of amides is 5. The number of carboxylic acid groups (broad SMARTS) is 1. The van der Waals surface area contributed by atoms with Crippen LogP contribution in [0.2, 0.25) is 25.7 Å². The molecule has 4 N–H and O–H groups in total. The number of aryl methyl sites for hydroxylation is 2. The summed E-state index contributed by atoms with van der Waals surface area (Å²) in [5.41, 5.74) is 5.84. The Hall–Kier alpha value is -9.17. The van der Waals surface area contributed by atoms with Gasteiger partial charge in [0, 0.05) is 127 Å². The summed E-state index contributed by atoms with van der Waals surface area (Å²) >= 11 is 0. The molecule has 91 heavy (non-hydrogen) atoms. The molecule has 0 bridgehead atoms. The number of likely N-dealkylation sites (tertiary alicyclic amines) is 2. The summed E-state index contributed by atoms with van der Waals surface area (Å²) in [6.07, 6.45) is -0.975. The second-order valence-electron chi connectivity index (χ2n) is 25.7. The SMILES string of the molecule is Cc1cc(N(C(=O)O)C(C)(C)C)nc2c1cc(CN1C(=O)c3cc(F)ccc3[C@]13CCN(Cc1cc(F)c(F)cc1F)C3=O)n2COCC[Si](C)(C)C.Cc1cc(N)nc2[nH]c(CN3C(=O)c4cc(F)ccc4[C@]34CCN(Cc3cc(F)c(F)cc3F)C4=O)cc12. The predicted octanol–water partition coefficient (Wildman–Crippen LogP) is 12.1. The van der Waals surface area contributed by atoms with Gasteiger partial charge < -0.3 is 44.7 Å². The fourth-order valence-corrected chi connectivity index (χ4v) is 13.7. The number of nitrogens with one attached hydrogen (secondary N) is 1. The van der Waals surface area contributed by atoms with E-state index >= 15 is 0 Å². The lowest BCUT2D eigenvalue weighted by atomic mass is 9.87. The van der Waals surface area contributed by atoms with Gasteiger partial charge in [-0.15, -0.1) is 0 Å². The Morgan fingerprint density at radius 3 is 1.67 bits per heavy atom. The van der Waals surface area contributed by atoms with Crippen molar-refractivity contribution in [3.05, 3.63) is 187 Å². The van der Waals surface area contributed by atoms with Crippen LogP contribution in [-0.2, 0) is 58.3 Å². The summed E-state index contributed by atoms with van der Waals surface area (Å²) in [6, 6.07) is 17.5. The Labute approximate surface area is 518 Å². The standard InChI is InChI=1S/C38H43F4N5O5Si.C27H21F4N5O2/c1-22-14-32(47(36(50)51)37(2,3)4)43-33-26(22)17-25(45(33)21-52-12-13-53(5,6)7)20-46-34(48)27-16-24(39)8-9-28(27)38(46)10-11-44(35(38)49)19-23-15-30(41)31(42)18-29(23)40;1-13-6-23(32)34-24-17(13)9-16(33-24)12-36-25(37)18-8-15(28)2-3-19(18)27(36)4-5-35(26(27)38)11-14-7-21(30)22(31)10-20(14)29/h8-9,14-18H,10-13,19-21H2,1-7H3,(H,50,51);2-3,6-10H,4-5,11-12H2,1H3,(H3,32,33,34)/t38-;27-/m00/s1. The number of hydrogen-bond acceptors (Lipinski definition) is 9. The van der Waals surface area contributed by atoms with Crippen LogP contribution >= 0.6 is 0 Å². The number of carbonyl (C=O) groups excluding carboxylic acids is 4. The highest BCUT2D eigenvalue weighted by molar-refractivity contribution is 6.76. The third-order valence-corrected chi connectivity index (χ3v) is 19.1. The Bertz CT molecular complexity index is 4360. The van der Waals surface area contributed by atoms with Crippen molar-refractivity contribution in [3.8, 4) is 0 Å². The highest BCUT2D eigenvalue weighted by atomic mass is 28.3. The number of halogens is 8. The van der Waals surface area contributed by atoms with Gasteiger partial charge in [0.25, 0.3) is 23.6 Å². The molecule has 12 rings (SSSR count). The van der Waals surface area contributed by atoms with E-state index in [9.17, 15) is 64.2 Å². The van der Waals surface area contributed by atoms with Crippen molar-refractivity contribution in [2.24, 2.45) is 0 Å². The van der Waals surface area contributed by atoms with E-state index in [2.05, 4.69) is 29.6 Å². The molecule has 4 aromatic carbocycles. The minimum atomic E-state index is -1.62. The minimum Gasteiger partial charge on any atom is -0.465 e. The zero-order chi connectivity index (χ0) is 65.7. The summed E-state index contributed by atoms with van der Waals surface area (Å²) < 4.78 is 121. The van der Waals surface area contributed by atoms with Gasteiger partial charge in [-0.05, 0) is 112 Å². The van der Waals surface area contributed by atoms with Crippen molar-refractivity contribution < 1.29 is 68.9 Å². The van der Waals surface area contributed by atoms with Crippen molar-refractivity contribution in [1.29, 1.82) is 0 Å². The number of rotatable bonds is 14. The van der Waals surface area contributed by atoms with E-state index in [4.69, 9.17) is 15.5 Å². The topological polar surface area (TPSA) is 204 Å². The maximum absolute atomic E-state index is 14.7. The smallest absolute Gasteiger partial charge is 0.413 e. The Kier molecular flexibility index (Phi) is 16.2. The van der Waals surface area contributed by atoms with Gasteiger partial charge in [-0.3, -0.25) is 24.1 Å². The number of carbonyl (C=O) groups is 5. The Morgan fingerprint density at radius 2 is 1.16 bits per heavy atom. The second kappa shape index (κ2) is 23.3. The van der Waals surface area contributed by atoms with E-state index in [1.165, 1.54) is 48.8 Å². The zero-order valence-corrected chi connectivity index (χ0v) is 51.9. The van der Waals surface area contributed by atoms with Crippen molar-refractivity contribution in [3.63, 3.8) is 0 Å². The molecule has 0 unspecified atom stereocenters. The first-order valence-corrected chi connectivity index (χ1v) is 33.0. The van der Waals surface area contributed by atoms with Gasteiger partial charge in [0.05, 0.1) is 13.1 Å². The number of pyridine rings is 2. The largest absolute Gasteiger partial charge is 0.465 e. The van der Waals surface area contributed by atoms with Crippen LogP contribution in [-0.4, -0.2) is 107 Å². The lowest BCUT2D eigenvalue weighted by Gasteiger charge is -2.34. The number of fused-ring (bicyclic) bond motifs is 6. The van der Waals surface area contributed by atoms with Crippen molar-refractivity contribution in [2.75, 3.05) is 30.3 Å². The number of anilines is 2. The molecular formula is C65H64F8N10O7Si. The molecule has 5 amide bonds. The average Bonchev–Trinajstić information content (AvgIpc) is 1.56. The first-order chi connectivity index (χ1) is 42.8. The van der Waals surface area contributed by atoms with Gasteiger partial charge >= 0.3 is 6.09 Å².